The Morgan fingerprint density at radius 3 is 2.39 bits per heavy atom. The minimum atomic E-state index is -0.329. The van der Waals surface area contributed by atoms with Gasteiger partial charge in [-0.3, -0.25) is 9.78 Å². The maximum absolute atomic E-state index is 12.6. The Hall–Kier alpha value is -3.60. The molecule has 0 radical (unpaired) electrons. The highest BCUT2D eigenvalue weighted by molar-refractivity contribution is 5.92. The van der Waals surface area contributed by atoms with Gasteiger partial charge in [0.2, 0.25) is 5.91 Å². The van der Waals surface area contributed by atoms with Gasteiger partial charge in [0.15, 0.2) is 11.5 Å². The van der Waals surface area contributed by atoms with Crippen molar-refractivity contribution < 1.29 is 14.3 Å². The molecule has 5 nitrogen and oxygen atoms in total. The van der Waals surface area contributed by atoms with Gasteiger partial charge in [0.25, 0.3) is 0 Å². The molecule has 0 saturated heterocycles. The lowest BCUT2D eigenvalue weighted by Crippen LogP contribution is -2.28. The third-order valence-electron chi connectivity index (χ3n) is 4.24. The summed E-state index contributed by atoms with van der Waals surface area (Å²) in [4.78, 5) is 17.0. The molecule has 0 spiro atoms. The van der Waals surface area contributed by atoms with Crippen LogP contribution in [-0.4, -0.2) is 25.1 Å². The molecule has 0 aliphatic heterocycles. The summed E-state index contributed by atoms with van der Waals surface area (Å²) in [6, 6.07) is 20.6. The van der Waals surface area contributed by atoms with E-state index in [0.717, 1.165) is 16.8 Å². The molecule has 5 heteroatoms. The molecule has 3 aromatic rings. The molecule has 1 unspecified atom stereocenters. The summed E-state index contributed by atoms with van der Waals surface area (Å²) in [5, 5.41) is 3.03. The number of benzene rings is 2. The highest BCUT2D eigenvalue weighted by Crippen LogP contribution is 2.28. The monoisotopic (exact) mass is 374 g/mol. The fourth-order valence-corrected chi connectivity index (χ4v) is 2.84. The van der Waals surface area contributed by atoms with Gasteiger partial charge in [0.05, 0.1) is 26.0 Å². The zero-order chi connectivity index (χ0) is 19.8. The van der Waals surface area contributed by atoms with Crippen LogP contribution in [0.3, 0.4) is 0 Å². The Balaban J connectivity index is 1.78. The van der Waals surface area contributed by atoms with Crippen LogP contribution in [0.1, 0.15) is 22.9 Å². The number of hydrogen-bond donors (Lipinski definition) is 1. The van der Waals surface area contributed by atoms with E-state index in [1.807, 2.05) is 60.7 Å². The average molecular weight is 374 g/mol. The number of rotatable bonds is 7. The number of ether oxygens (including phenoxy) is 2. The molecular formula is C23H22N2O3. The van der Waals surface area contributed by atoms with Gasteiger partial charge in [0.1, 0.15) is 0 Å². The third kappa shape index (κ3) is 4.76. The zero-order valence-corrected chi connectivity index (χ0v) is 15.8. The number of nitrogens with zero attached hydrogens (tertiary/aromatic N) is 1. The molecule has 1 heterocycles. The Morgan fingerprint density at radius 2 is 1.71 bits per heavy atom. The minimum Gasteiger partial charge on any atom is -0.493 e. The van der Waals surface area contributed by atoms with E-state index in [9.17, 15) is 4.79 Å². The van der Waals surface area contributed by atoms with E-state index in [2.05, 4.69) is 10.3 Å². The van der Waals surface area contributed by atoms with Crippen LogP contribution in [-0.2, 0) is 4.79 Å². The van der Waals surface area contributed by atoms with Gasteiger partial charge >= 0.3 is 0 Å². The SMILES string of the molecule is COc1ccc(/C=C/C(=O)NC(c2ccccc2)c2ccccn2)cc1OC. The maximum Gasteiger partial charge on any atom is 0.244 e. The van der Waals surface area contributed by atoms with Crippen LogP contribution in [0, 0.1) is 0 Å². The smallest absolute Gasteiger partial charge is 0.244 e. The fraction of sp³-hybridized carbons (Fsp3) is 0.130. The number of pyridine rings is 1. The average Bonchev–Trinajstić information content (AvgIpc) is 2.77. The number of methoxy groups -OCH3 is 2. The van der Waals surface area contributed by atoms with Crippen molar-refractivity contribution in [1.29, 1.82) is 0 Å². The Labute approximate surface area is 164 Å². The van der Waals surface area contributed by atoms with Crippen LogP contribution in [0.2, 0.25) is 0 Å². The van der Waals surface area contributed by atoms with Gasteiger partial charge in [-0.2, -0.15) is 0 Å². The van der Waals surface area contributed by atoms with Gasteiger partial charge in [-0.05, 0) is 41.5 Å². The molecular weight excluding hydrogens is 352 g/mol. The predicted octanol–water partition coefficient (Wildman–Crippen LogP) is 4.02. The summed E-state index contributed by atoms with van der Waals surface area (Å²) >= 11 is 0. The summed E-state index contributed by atoms with van der Waals surface area (Å²) in [5.74, 6) is 1.04. The molecule has 0 fully saturated rings. The molecule has 0 aliphatic rings. The quantitative estimate of drug-likeness (QED) is 0.635. The Bertz CT molecular complexity index is 901. The molecule has 0 saturated carbocycles. The van der Waals surface area contributed by atoms with Crippen molar-refractivity contribution in [2.45, 2.75) is 6.04 Å². The summed E-state index contributed by atoms with van der Waals surface area (Å²) in [7, 11) is 3.16. The second kappa shape index (κ2) is 9.37. The lowest BCUT2D eigenvalue weighted by Gasteiger charge is -2.18. The van der Waals surface area contributed by atoms with Crippen molar-refractivity contribution in [2.24, 2.45) is 0 Å². The van der Waals surface area contributed by atoms with E-state index in [0.29, 0.717) is 11.5 Å². The zero-order valence-electron chi connectivity index (χ0n) is 15.8. The number of amides is 1. The largest absolute Gasteiger partial charge is 0.493 e. The van der Waals surface area contributed by atoms with Crippen molar-refractivity contribution in [3.8, 4) is 11.5 Å². The minimum absolute atomic E-state index is 0.214. The van der Waals surface area contributed by atoms with E-state index in [1.54, 1.807) is 32.6 Å². The standard InChI is InChI=1S/C23H22N2O3/c1-27-20-13-11-17(16-21(20)28-2)12-14-22(26)25-23(18-8-4-3-5-9-18)19-10-6-7-15-24-19/h3-16,23H,1-2H3,(H,25,26)/b14-12+. The molecule has 1 atom stereocenters. The number of nitrogens with one attached hydrogen (secondary N) is 1. The van der Waals surface area contributed by atoms with Gasteiger partial charge in [0, 0.05) is 12.3 Å². The molecule has 1 aromatic heterocycles. The van der Waals surface area contributed by atoms with Gasteiger partial charge in [-0.25, -0.2) is 0 Å². The van der Waals surface area contributed by atoms with Crippen LogP contribution in [0.4, 0.5) is 0 Å². The molecule has 1 amide bonds. The lowest BCUT2D eigenvalue weighted by molar-refractivity contribution is -0.116. The van der Waals surface area contributed by atoms with Crippen LogP contribution < -0.4 is 14.8 Å². The van der Waals surface area contributed by atoms with Crippen molar-refractivity contribution in [3.63, 3.8) is 0 Å². The molecule has 3 rings (SSSR count). The number of aromatic nitrogens is 1. The summed E-state index contributed by atoms with van der Waals surface area (Å²) in [6.45, 7) is 0. The Morgan fingerprint density at radius 1 is 0.964 bits per heavy atom. The predicted molar refractivity (Wildman–Crippen MR) is 109 cm³/mol. The second-order valence-electron chi connectivity index (χ2n) is 6.05. The first kappa shape index (κ1) is 19.2. The van der Waals surface area contributed by atoms with E-state index in [-0.39, 0.29) is 11.9 Å². The molecule has 28 heavy (non-hydrogen) atoms. The van der Waals surface area contributed by atoms with Crippen LogP contribution in [0.5, 0.6) is 11.5 Å². The topological polar surface area (TPSA) is 60.5 Å². The lowest BCUT2D eigenvalue weighted by atomic mass is 10.0. The molecule has 1 N–H and O–H groups in total. The van der Waals surface area contributed by atoms with Crippen molar-refractivity contribution in [2.75, 3.05) is 14.2 Å². The Kier molecular flexibility index (Phi) is 6.41. The van der Waals surface area contributed by atoms with E-state index < -0.39 is 0 Å². The van der Waals surface area contributed by atoms with Crippen LogP contribution in [0.25, 0.3) is 6.08 Å². The second-order valence-corrected chi connectivity index (χ2v) is 6.05. The van der Waals surface area contributed by atoms with Crippen molar-refractivity contribution in [1.82, 2.24) is 10.3 Å². The van der Waals surface area contributed by atoms with Gasteiger partial charge in [-0.15, -0.1) is 0 Å². The highest BCUT2D eigenvalue weighted by atomic mass is 16.5. The van der Waals surface area contributed by atoms with Crippen molar-refractivity contribution >= 4 is 12.0 Å². The number of hydrogen-bond acceptors (Lipinski definition) is 4. The highest BCUT2D eigenvalue weighted by Gasteiger charge is 2.16. The molecule has 142 valence electrons. The summed E-state index contributed by atoms with van der Waals surface area (Å²) in [6.07, 6.45) is 4.95. The van der Waals surface area contributed by atoms with E-state index in [1.165, 1.54) is 6.08 Å². The third-order valence-corrected chi connectivity index (χ3v) is 4.24. The van der Waals surface area contributed by atoms with Crippen molar-refractivity contribution in [3.05, 3.63) is 95.8 Å². The first-order chi connectivity index (χ1) is 13.7. The molecule has 0 aliphatic carbocycles. The van der Waals surface area contributed by atoms with Crippen LogP contribution in [0.15, 0.2) is 79.0 Å². The van der Waals surface area contributed by atoms with E-state index in [4.69, 9.17) is 9.47 Å². The normalized spacial score (nSPS) is 11.8. The maximum atomic E-state index is 12.6. The first-order valence-corrected chi connectivity index (χ1v) is 8.87. The molecule has 2 aromatic carbocycles. The first-order valence-electron chi connectivity index (χ1n) is 8.87. The van der Waals surface area contributed by atoms with E-state index >= 15 is 0 Å². The summed E-state index contributed by atoms with van der Waals surface area (Å²) < 4.78 is 10.5. The fourth-order valence-electron chi connectivity index (χ4n) is 2.84. The van der Waals surface area contributed by atoms with Crippen LogP contribution >= 0.6 is 0 Å². The van der Waals surface area contributed by atoms with Gasteiger partial charge in [-0.1, -0.05) is 42.5 Å². The number of carbonyl (C=O) groups is 1. The molecule has 0 bridgehead atoms. The number of carbonyl (C=O) groups excluding carboxylic acids is 1. The van der Waals surface area contributed by atoms with Gasteiger partial charge < -0.3 is 14.8 Å². The summed E-state index contributed by atoms with van der Waals surface area (Å²) in [5.41, 5.74) is 2.58.